The molecule has 0 radical (unpaired) electrons. The molecule has 2 aromatic rings. The molecule has 0 heterocycles. The van der Waals surface area contributed by atoms with E-state index in [-0.39, 0.29) is 12.1 Å². The van der Waals surface area contributed by atoms with Crippen LogP contribution < -0.4 is 24.4 Å². The summed E-state index contributed by atoms with van der Waals surface area (Å²) in [6.45, 7) is 0. The zero-order chi connectivity index (χ0) is 21.8. The van der Waals surface area contributed by atoms with Crippen LogP contribution in [0.25, 0.3) is 0 Å². The van der Waals surface area contributed by atoms with E-state index in [1.54, 1.807) is 31.1 Å². The minimum absolute atomic E-state index is 0.177. The summed E-state index contributed by atoms with van der Waals surface area (Å²) in [5, 5.41) is 2.34. The molecule has 0 aromatic heterocycles. The van der Waals surface area contributed by atoms with Crippen LogP contribution in [0.4, 0.5) is 24.5 Å². The van der Waals surface area contributed by atoms with Gasteiger partial charge in [0.25, 0.3) is 0 Å². The summed E-state index contributed by atoms with van der Waals surface area (Å²) in [7, 11) is 7.59. The van der Waals surface area contributed by atoms with Gasteiger partial charge in [0.2, 0.25) is 11.7 Å². The molecular formula is C20H23F3N2O4. The molecule has 1 amide bonds. The van der Waals surface area contributed by atoms with Crippen molar-refractivity contribution in [1.29, 1.82) is 0 Å². The van der Waals surface area contributed by atoms with Gasteiger partial charge in [0.05, 0.1) is 39.0 Å². The molecule has 0 fully saturated rings. The van der Waals surface area contributed by atoms with E-state index in [9.17, 15) is 18.0 Å². The lowest BCUT2D eigenvalue weighted by atomic mass is 10.1. The van der Waals surface area contributed by atoms with E-state index in [4.69, 9.17) is 14.2 Å². The number of nitrogens with one attached hydrogen (secondary N) is 1. The van der Waals surface area contributed by atoms with Gasteiger partial charge in [0.1, 0.15) is 0 Å². The van der Waals surface area contributed by atoms with Crippen LogP contribution >= 0.6 is 0 Å². The third-order valence-electron chi connectivity index (χ3n) is 4.19. The molecule has 0 unspecified atom stereocenters. The Labute approximate surface area is 167 Å². The standard InChI is InChI=1S/C20H23F3N2O4/c1-25(2)13-6-7-15(14(11-13)20(21,22)23)24-18(26)10-12-8-16(27-3)19(29-5)17(9-12)28-4/h6-9,11H,10H2,1-5H3,(H,24,26). The fourth-order valence-electron chi connectivity index (χ4n) is 2.77. The molecule has 0 aliphatic rings. The molecule has 1 N–H and O–H groups in total. The van der Waals surface area contributed by atoms with Gasteiger partial charge in [0, 0.05) is 19.8 Å². The van der Waals surface area contributed by atoms with Gasteiger partial charge >= 0.3 is 6.18 Å². The highest BCUT2D eigenvalue weighted by atomic mass is 19.4. The molecule has 0 aliphatic carbocycles. The molecular weight excluding hydrogens is 389 g/mol. The van der Waals surface area contributed by atoms with Crippen molar-refractivity contribution in [2.45, 2.75) is 12.6 Å². The summed E-state index contributed by atoms with van der Waals surface area (Å²) in [6.07, 6.45) is -4.79. The van der Waals surface area contributed by atoms with Gasteiger partial charge in [-0.05, 0) is 35.9 Å². The first-order valence-electron chi connectivity index (χ1n) is 8.58. The molecule has 0 spiro atoms. The number of benzene rings is 2. The van der Waals surface area contributed by atoms with Gasteiger partial charge in [-0.2, -0.15) is 13.2 Å². The highest BCUT2D eigenvalue weighted by Crippen LogP contribution is 2.39. The maximum absolute atomic E-state index is 13.4. The first-order valence-corrected chi connectivity index (χ1v) is 8.58. The SMILES string of the molecule is COc1cc(CC(=O)Nc2ccc(N(C)C)cc2C(F)(F)F)cc(OC)c1OC. The average molecular weight is 412 g/mol. The van der Waals surface area contributed by atoms with Crippen molar-refractivity contribution in [1.82, 2.24) is 0 Å². The third-order valence-corrected chi connectivity index (χ3v) is 4.19. The van der Waals surface area contributed by atoms with Crippen molar-refractivity contribution < 1.29 is 32.2 Å². The summed E-state index contributed by atoms with van der Waals surface area (Å²) in [5.41, 5.74) is -0.349. The number of nitrogens with zero attached hydrogens (tertiary/aromatic N) is 1. The minimum atomic E-state index is -4.61. The Morgan fingerprint density at radius 1 is 1.00 bits per heavy atom. The monoisotopic (exact) mass is 412 g/mol. The number of ether oxygens (including phenoxy) is 3. The number of rotatable bonds is 7. The molecule has 2 aromatic carbocycles. The smallest absolute Gasteiger partial charge is 0.418 e. The van der Waals surface area contributed by atoms with Crippen LogP contribution in [0.3, 0.4) is 0 Å². The summed E-state index contributed by atoms with van der Waals surface area (Å²) in [5.74, 6) is 0.446. The highest BCUT2D eigenvalue weighted by molar-refractivity contribution is 5.93. The van der Waals surface area contributed by atoms with E-state index in [2.05, 4.69) is 5.32 Å². The molecule has 29 heavy (non-hydrogen) atoms. The number of halogens is 3. The highest BCUT2D eigenvalue weighted by Gasteiger charge is 2.34. The first-order chi connectivity index (χ1) is 13.6. The molecule has 2 rings (SSSR count). The predicted octanol–water partition coefficient (Wildman–Crippen LogP) is 3.98. The number of carbonyl (C=O) groups is 1. The molecule has 0 bridgehead atoms. The Morgan fingerprint density at radius 2 is 1.59 bits per heavy atom. The van der Waals surface area contributed by atoms with Gasteiger partial charge in [-0.15, -0.1) is 0 Å². The zero-order valence-corrected chi connectivity index (χ0v) is 16.8. The normalized spacial score (nSPS) is 11.0. The molecule has 158 valence electrons. The number of anilines is 2. The Kier molecular flexibility index (Phi) is 6.84. The van der Waals surface area contributed by atoms with Crippen LogP contribution in [-0.2, 0) is 17.4 Å². The van der Waals surface area contributed by atoms with Crippen LogP contribution in [0.2, 0.25) is 0 Å². The second-order valence-electron chi connectivity index (χ2n) is 6.38. The van der Waals surface area contributed by atoms with Crippen LogP contribution in [-0.4, -0.2) is 41.3 Å². The van der Waals surface area contributed by atoms with E-state index < -0.39 is 17.6 Å². The molecule has 0 saturated carbocycles. The predicted molar refractivity (Wildman–Crippen MR) is 104 cm³/mol. The number of alkyl halides is 3. The molecule has 9 heteroatoms. The summed E-state index contributed by atoms with van der Waals surface area (Å²) in [4.78, 5) is 14.0. The Bertz CT molecular complexity index is 858. The molecule has 0 aliphatic heterocycles. The quantitative estimate of drug-likeness (QED) is 0.746. The van der Waals surface area contributed by atoms with Crippen LogP contribution in [0, 0.1) is 0 Å². The fourth-order valence-corrected chi connectivity index (χ4v) is 2.77. The van der Waals surface area contributed by atoms with Gasteiger partial charge in [-0.25, -0.2) is 0 Å². The summed E-state index contributed by atoms with van der Waals surface area (Å²) < 4.78 is 56.0. The van der Waals surface area contributed by atoms with Gasteiger partial charge in [0.15, 0.2) is 11.5 Å². The van der Waals surface area contributed by atoms with Crippen LogP contribution in [0.15, 0.2) is 30.3 Å². The van der Waals surface area contributed by atoms with Gasteiger partial charge in [-0.1, -0.05) is 0 Å². The van der Waals surface area contributed by atoms with Crippen molar-refractivity contribution in [3.05, 3.63) is 41.5 Å². The van der Waals surface area contributed by atoms with E-state index >= 15 is 0 Å². The second kappa shape index (κ2) is 8.93. The maximum atomic E-state index is 13.4. The van der Waals surface area contributed by atoms with Gasteiger partial charge < -0.3 is 24.4 Å². The summed E-state index contributed by atoms with van der Waals surface area (Å²) in [6, 6.07) is 6.88. The number of hydrogen-bond donors (Lipinski definition) is 1. The van der Waals surface area contributed by atoms with Crippen molar-refractivity contribution in [2.24, 2.45) is 0 Å². The second-order valence-corrected chi connectivity index (χ2v) is 6.38. The average Bonchev–Trinajstić information content (AvgIpc) is 2.66. The minimum Gasteiger partial charge on any atom is -0.493 e. The van der Waals surface area contributed by atoms with Gasteiger partial charge in [-0.3, -0.25) is 4.79 Å². The largest absolute Gasteiger partial charge is 0.493 e. The van der Waals surface area contributed by atoms with E-state index in [0.717, 1.165) is 6.07 Å². The molecule has 0 atom stereocenters. The molecule has 6 nitrogen and oxygen atoms in total. The lowest BCUT2D eigenvalue weighted by Crippen LogP contribution is -2.19. The van der Waals surface area contributed by atoms with E-state index in [0.29, 0.717) is 28.5 Å². The van der Waals surface area contributed by atoms with E-state index in [1.165, 1.54) is 33.5 Å². The van der Waals surface area contributed by atoms with E-state index in [1.807, 2.05) is 0 Å². The zero-order valence-electron chi connectivity index (χ0n) is 16.8. The maximum Gasteiger partial charge on any atom is 0.418 e. The number of carbonyl (C=O) groups excluding carboxylic acids is 1. The van der Waals surface area contributed by atoms with Crippen molar-refractivity contribution in [3.8, 4) is 17.2 Å². The lowest BCUT2D eigenvalue weighted by Gasteiger charge is -2.19. The van der Waals surface area contributed by atoms with Crippen molar-refractivity contribution >= 4 is 17.3 Å². The first kappa shape index (κ1) is 22.2. The third kappa shape index (κ3) is 5.24. The Balaban J connectivity index is 2.30. The number of hydrogen-bond acceptors (Lipinski definition) is 5. The Hall–Kier alpha value is -3.10. The summed E-state index contributed by atoms with van der Waals surface area (Å²) >= 11 is 0. The van der Waals surface area contributed by atoms with Crippen LogP contribution in [0.1, 0.15) is 11.1 Å². The fraction of sp³-hybridized carbons (Fsp3) is 0.350. The molecule has 0 saturated heterocycles. The number of amides is 1. The Morgan fingerprint density at radius 3 is 2.03 bits per heavy atom. The lowest BCUT2D eigenvalue weighted by molar-refractivity contribution is -0.136. The van der Waals surface area contributed by atoms with Crippen molar-refractivity contribution in [2.75, 3.05) is 45.6 Å². The van der Waals surface area contributed by atoms with Crippen molar-refractivity contribution in [3.63, 3.8) is 0 Å². The number of methoxy groups -OCH3 is 3. The topological polar surface area (TPSA) is 60.0 Å². The van der Waals surface area contributed by atoms with Crippen LogP contribution in [0.5, 0.6) is 17.2 Å².